The predicted octanol–water partition coefficient (Wildman–Crippen LogP) is 3.04. The van der Waals surface area contributed by atoms with Crippen LogP contribution in [0.15, 0.2) is 42.7 Å². The van der Waals surface area contributed by atoms with Crippen LogP contribution in [0.1, 0.15) is 12.5 Å². The van der Waals surface area contributed by atoms with Crippen LogP contribution in [0.2, 0.25) is 0 Å². The van der Waals surface area contributed by atoms with Crippen molar-refractivity contribution in [1.29, 1.82) is 0 Å². The molecule has 3 nitrogen and oxygen atoms in total. The van der Waals surface area contributed by atoms with E-state index in [1.54, 1.807) is 0 Å². The first-order valence-corrected chi connectivity index (χ1v) is 5.85. The molecule has 0 radical (unpaired) electrons. The van der Waals surface area contributed by atoms with E-state index in [2.05, 4.69) is 17.6 Å². The first-order chi connectivity index (χ1) is 8.28. The Labute approximate surface area is 102 Å². The van der Waals surface area contributed by atoms with Gasteiger partial charge in [0.15, 0.2) is 0 Å². The third-order valence-corrected chi connectivity index (χ3v) is 2.53. The van der Waals surface area contributed by atoms with Gasteiger partial charge in [-0.2, -0.15) is 0 Å². The number of aryl methyl sites for hydroxylation is 1. The van der Waals surface area contributed by atoms with Crippen molar-refractivity contribution in [2.24, 2.45) is 7.05 Å². The summed E-state index contributed by atoms with van der Waals surface area (Å²) in [5, 5.41) is 3.38. The molecule has 0 saturated heterocycles. The van der Waals surface area contributed by atoms with Crippen molar-refractivity contribution in [3.05, 3.63) is 48.3 Å². The molecule has 0 aliphatic heterocycles. The lowest BCUT2D eigenvalue weighted by Gasteiger charge is -2.08. The van der Waals surface area contributed by atoms with E-state index in [9.17, 15) is 0 Å². The van der Waals surface area contributed by atoms with E-state index in [-0.39, 0.29) is 0 Å². The van der Waals surface area contributed by atoms with E-state index in [1.165, 1.54) is 5.56 Å². The van der Waals surface area contributed by atoms with Gasteiger partial charge >= 0.3 is 0 Å². The van der Waals surface area contributed by atoms with E-state index in [0.717, 1.165) is 18.0 Å². The second kappa shape index (κ2) is 5.43. The summed E-state index contributed by atoms with van der Waals surface area (Å²) in [5.41, 5.74) is 2.36. The maximum atomic E-state index is 5.46. The van der Waals surface area contributed by atoms with Crippen LogP contribution in [-0.4, -0.2) is 11.2 Å². The van der Waals surface area contributed by atoms with Gasteiger partial charge in [0, 0.05) is 37.7 Å². The topological polar surface area (TPSA) is 26.2 Å². The van der Waals surface area contributed by atoms with Crippen molar-refractivity contribution in [1.82, 2.24) is 4.57 Å². The molecule has 1 N–H and O–H groups in total. The quantitative estimate of drug-likeness (QED) is 0.854. The summed E-state index contributed by atoms with van der Waals surface area (Å²) in [6.45, 7) is 3.52. The van der Waals surface area contributed by atoms with Gasteiger partial charge in [-0.1, -0.05) is 6.07 Å². The molecule has 3 heteroatoms. The molecule has 0 bridgehead atoms. The van der Waals surface area contributed by atoms with Gasteiger partial charge in [-0.15, -0.1) is 0 Å². The molecule has 0 spiro atoms. The van der Waals surface area contributed by atoms with Crippen molar-refractivity contribution in [3.8, 4) is 5.75 Å². The van der Waals surface area contributed by atoms with E-state index in [0.29, 0.717) is 6.61 Å². The van der Waals surface area contributed by atoms with Gasteiger partial charge in [-0.05, 0) is 30.7 Å². The largest absolute Gasteiger partial charge is 0.494 e. The van der Waals surface area contributed by atoms with Crippen LogP contribution in [-0.2, 0) is 13.6 Å². The minimum atomic E-state index is 0.697. The molecule has 0 unspecified atom stereocenters. The van der Waals surface area contributed by atoms with E-state index >= 15 is 0 Å². The molecule has 0 aliphatic carbocycles. The van der Waals surface area contributed by atoms with Crippen molar-refractivity contribution < 1.29 is 4.74 Å². The van der Waals surface area contributed by atoms with Gasteiger partial charge in [0.1, 0.15) is 5.75 Å². The van der Waals surface area contributed by atoms with Crippen LogP contribution in [0.25, 0.3) is 0 Å². The highest BCUT2D eigenvalue weighted by Gasteiger charge is 1.97. The Bertz CT molecular complexity index is 477. The summed E-state index contributed by atoms with van der Waals surface area (Å²) in [6.07, 6.45) is 4.16. The molecular weight excluding hydrogens is 212 g/mol. The summed E-state index contributed by atoms with van der Waals surface area (Å²) in [5.74, 6) is 0.908. The zero-order chi connectivity index (χ0) is 12.1. The summed E-state index contributed by atoms with van der Waals surface area (Å²) in [6, 6.07) is 10.1. The van der Waals surface area contributed by atoms with Crippen molar-refractivity contribution >= 4 is 5.69 Å². The Morgan fingerprint density at radius 3 is 2.88 bits per heavy atom. The Balaban J connectivity index is 1.96. The van der Waals surface area contributed by atoms with Gasteiger partial charge in [-0.3, -0.25) is 0 Å². The maximum Gasteiger partial charge on any atom is 0.121 e. The smallest absolute Gasteiger partial charge is 0.121 e. The Morgan fingerprint density at radius 1 is 1.29 bits per heavy atom. The lowest BCUT2D eigenvalue weighted by atomic mass is 10.2. The third-order valence-electron chi connectivity index (χ3n) is 2.53. The molecule has 0 atom stereocenters. The molecule has 17 heavy (non-hydrogen) atoms. The number of rotatable bonds is 5. The average Bonchev–Trinajstić information content (AvgIpc) is 2.74. The normalized spacial score (nSPS) is 10.2. The van der Waals surface area contributed by atoms with Crippen LogP contribution in [0.4, 0.5) is 5.69 Å². The fourth-order valence-corrected chi connectivity index (χ4v) is 1.73. The molecule has 0 aliphatic rings. The molecule has 2 aromatic rings. The SMILES string of the molecule is CCOc1cccc(NCc2ccn(C)c2)c1. The zero-order valence-electron chi connectivity index (χ0n) is 10.3. The summed E-state index contributed by atoms with van der Waals surface area (Å²) < 4.78 is 7.51. The standard InChI is InChI=1S/C14H18N2O/c1-3-17-14-6-4-5-13(9-14)15-10-12-7-8-16(2)11-12/h4-9,11,15H,3,10H2,1-2H3. The van der Waals surface area contributed by atoms with Crippen LogP contribution in [0, 0.1) is 0 Å². The second-order valence-electron chi connectivity index (χ2n) is 4.00. The molecule has 1 aromatic heterocycles. The number of benzene rings is 1. The van der Waals surface area contributed by atoms with Crippen molar-refractivity contribution in [2.75, 3.05) is 11.9 Å². The third kappa shape index (κ3) is 3.28. The van der Waals surface area contributed by atoms with Crippen molar-refractivity contribution in [2.45, 2.75) is 13.5 Å². The molecule has 1 heterocycles. The summed E-state index contributed by atoms with van der Waals surface area (Å²) >= 11 is 0. The molecule has 2 rings (SSSR count). The fourth-order valence-electron chi connectivity index (χ4n) is 1.73. The lowest BCUT2D eigenvalue weighted by molar-refractivity contribution is 0.340. The second-order valence-corrected chi connectivity index (χ2v) is 4.00. The Hall–Kier alpha value is -1.90. The van der Waals surface area contributed by atoms with Crippen LogP contribution in [0.3, 0.4) is 0 Å². The van der Waals surface area contributed by atoms with Gasteiger partial charge in [0.2, 0.25) is 0 Å². The van der Waals surface area contributed by atoms with E-state index in [4.69, 9.17) is 4.74 Å². The molecular formula is C14H18N2O. The number of hydrogen-bond donors (Lipinski definition) is 1. The average molecular weight is 230 g/mol. The van der Waals surface area contributed by atoms with Crippen LogP contribution in [0.5, 0.6) is 5.75 Å². The summed E-state index contributed by atoms with van der Waals surface area (Å²) in [4.78, 5) is 0. The number of hydrogen-bond acceptors (Lipinski definition) is 2. The number of nitrogens with zero attached hydrogens (tertiary/aromatic N) is 1. The Kier molecular flexibility index (Phi) is 3.70. The van der Waals surface area contributed by atoms with Gasteiger partial charge in [-0.25, -0.2) is 0 Å². The number of aromatic nitrogens is 1. The van der Waals surface area contributed by atoms with Gasteiger partial charge in [0.05, 0.1) is 6.61 Å². The maximum absolute atomic E-state index is 5.46. The Morgan fingerprint density at radius 2 is 2.18 bits per heavy atom. The minimum Gasteiger partial charge on any atom is -0.494 e. The lowest BCUT2D eigenvalue weighted by Crippen LogP contribution is -1.99. The van der Waals surface area contributed by atoms with Crippen molar-refractivity contribution in [3.63, 3.8) is 0 Å². The first-order valence-electron chi connectivity index (χ1n) is 5.85. The van der Waals surface area contributed by atoms with Gasteiger partial charge in [0.25, 0.3) is 0 Å². The number of ether oxygens (including phenoxy) is 1. The number of anilines is 1. The molecule has 0 fully saturated rings. The highest BCUT2D eigenvalue weighted by atomic mass is 16.5. The van der Waals surface area contributed by atoms with Crippen LogP contribution < -0.4 is 10.1 Å². The zero-order valence-corrected chi connectivity index (χ0v) is 10.3. The first kappa shape index (κ1) is 11.6. The molecule has 0 saturated carbocycles. The minimum absolute atomic E-state index is 0.697. The van der Waals surface area contributed by atoms with E-state index < -0.39 is 0 Å². The monoisotopic (exact) mass is 230 g/mol. The highest BCUT2D eigenvalue weighted by molar-refractivity contribution is 5.48. The molecule has 0 amide bonds. The summed E-state index contributed by atoms with van der Waals surface area (Å²) in [7, 11) is 2.03. The van der Waals surface area contributed by atoms with Gasteiger partial charge < -0.3 is 14.6 Å². The fraction of sp³-hybridized carbons (Fsp3) is 0.286. The van der Waals surface area contributed by atoms with E-state index in [1.807, 2.05) is 49.0 Å². The molecule has 1 aromatic carbocycles. The highest BCUT2D eigenvalue weighted by Crippen LogP contribution is 2.17. The van der Waals surface area contributed by atoms with Crippen LogP contribution >= 0.6 is 0 Å². The predicted molar refractivity (Wildman–Crippen MR) is 70.4 cm³/mol. The number of nitrogens with one attached hydrogen (secondary N) is 1. The molecule has 90 valence electrons.